The van der Waals surface area contributed by atoms with Crippen LogP contribution in [0.1, 0.15) is 17.0 Å². The van der Waals surface area contributed by atoms with E-state index in [4.69, 9.17) is 5.73 Å². The summed E-state index contributed by atoms with van der Waals surface area (Å²) in [6.45, 7) is 2.54. The zero-order chi connectivity index (χ0) is 8.55. The van der Waals surface area contributed by atoms with Crippen LogP contribution in [0, 0.1) is 0 Å². The quantitative estimate of drug-likeness (QED) is 0.592. The number of nitrogens with two attached hydrogens (primary N) is 1. The zero-order valence-corrected chi connectivity index (χ0v) is 7.30. The minimum absolute atomic E-state index is 0.559. The highest BCUT2D eigenvalue weighted by Crippen LogP contribution is 2.16. The molecule has 0 unspecified atom stereocenters. The maximum atomic E-state index is 5.59. The topological polar surface area (TPSA) is 55.9 Å². The summed E-state index contributed by atoms with van der Waals surface area (Å²) in [6.07, 6.45) is 1.07. The maximum Gasteiger partial charge on any atom is 0.0796 e. The molecule has 0 saturated heterocycles. The molecule has 1 aliphatic heterocycles. The van der Waals surface area contributed by atoms with Gasteiger partial charge in [0, 0.05) is 25.7 Å². The van der Waals surface area contributed by atoms with Crippen molar-refractivity contribution in [3.05, 3.63) is 17.0 Å². The van der Waals surface area contributed by atoms with E-state index in [1.165, 1.54) is 11.3 Å². The molecule has 0 amide bonds. The molecule has 0 aromatic carbocycles. The molecule has 0 radical (unpaired) electrons. The van der Waals surface area contributed by atoms with Crippen LogP contribution in [0.3, 0.4) is 0 Å². The molecule has 4 heteroatoms. The fourth-order valence-electron chi connectivity index (χ4n) is 1.76. The minimum Gasteiger partial charge on any atom is -0.325 e. The number of fused-ring (bicyclic) bond motifs is 1. The second-order valence-corrected chi connectivity index (χ2v) is 3.13. The van der Waals surface area contributed by atoms with Gasteiger partial charge in [-0.2, -0.15) is 5.10 Å². The van der Waals surface area contributed by atoms with E-state index in [9.17, 15) is 0 Å². The maximum absolute atomic E-state index is 5.59. The normalized spacial score (nSPS) is 16.2. The van der Waals surface area contributed by atoms with E-state index in [2.05, 4.69) is 10.4 Å². The molecule has 0 saturated carbocycles. The summed E-state index contributed by atoms with van der Waals surface area (Å²) in [6, 6.07) is 0. The zero-order valence-electron chi connectivity index (χ0n) is 7.30. The Hall–Kier alpha value is -0.870. The molecule has 12 heavy (non-hydrogen) atoms. The Morgan fingerprint density at radius 3 is 3.25 bits per heavy atom. The van der Waals surface area contributed by atoms with Crippen LogP contribution in [-0.2, 0) is 26.6 Å². The number of aryl methyl sites for hydroxylation is 1. The van der Waals surface area contributed by atoms with Gasteiger partial charge in [-0.3, -0.25) is 4.68 Å². The van der Waals surface area contributed by atoms with Crippen molar-refractivity contribution in [2.75, 3.05) is 6.54 Å². The fourth-order valence-corrected chi connectivity index (χ4v) is 1.76. The van der Waals surface area contributed by atoms with E-state index in [0.717, 1.165) is 25.2 Å². The van der Waals surface area contributed by atoms with Gasteiger partial charge < -0.3 is 11.1 Å². The number of nitrogens with one attached hydrogen (secondary N) is 1. The van der Waals surface area contributed by atoms with E-state index in [1.807, 2.05) is 11.7 Å². The Morgan fingerprint density at radius 1 is 1.67 bits per heavy atom. The number of nitrogens with zero attached hydrogens (tertiary/aromatic N) is 2. The van der Waals surface area contributed by atoms with Gasteiger partial charge >= 0.3 is 0 Å². The first kappa shape index (κ1) is 7.76. The lowest BCUT2D eigenvalue weighted by atomic mass is 10.1. The average Bonchev–Trinajstić information content (AvgIpc) is 2.44. The van der Waals surface area contributed by atoms with Crippen molar-refractivity contribution in [1.29, 1.82) is 0 Å². The third-order valence-corrected chi connectivity index (χ3v) is 2.40. The first-order chi connectivity index (χ1) is 5.83. The molecule has 1 aromatic rings. The summed E-state index contributed by atoms with van der Waals surface area (Å²) in [7, 11) is 1.98. The molecule has 66 valence electrons. The predicted molar refractivity (Wildman–Crippen MR) is 46.5 cm³/mol. The SMILES string of the molecule is Cn1nc(CN)c2c1CNCC2. The van der Waals surface area contributed by atoms with Crippen LogP contribution in [-0.4, -0.2) is 16.3 Å². The summed E-state index contributed by atoms with van der Waals surface area (Å²) in [4.78, 5) is 0. The van der Waals surface area contributed by atoms with Crippen molar-refractivity contribution in [2.24, 2.45) is 12.8 Å². The molecule has 3 N–H and O–H groups in total. The van der Waals surface area contributed by atoms with Crippen LogP contribution in [0.5, 0.6) is 0 Å². The molecule has 0 fully saturated rings. The molecular weight excluding hydrogens is 152 g/mol. The van der Waals surface area contributed by atoms with Crippen molar-refractivity contribution in [2.45, 2.75) is 19.5 Å². The summed E-state index contributed by atoms with van der Waals surface area (Å²) < 4.78 is 1.93. The number of rotatable bonds is 1. The Kier molecular flexibility index (Phi) is 1.86. The second kappa shape index (κ2) is 2.88. The second-order valence-electron chi connectivity index (χ2n) is 3.13. The van der Waals surface area contributed by atoms with Crippen molar-refractivity contribution >= 4 is 0 Å². The smallest absolute Gasteiger partial charge is 0.0796 e. The molecule has 0 spiro atoms. The third kappa shape index (κ3) is 1.04. The molecule has 0 bridgehead atoms. The number of aromatic nitrogens is 2. The predicted octanol–water partition coefficient (Wildman–Crippen LogP) is -0.475. The standard InChI is InChI=1S/C8H14N4/c1-12-8-5-10-3-2-6(8)7(4-9)11-12/h10H,2-5,9H2,1H3. The van der Waals surface area contributed by atoms with E-state index in [1.54, 1.807) is 0 Å². The van der Waals surface area contributed by atoms with Crippen LogP contribution in [0.15, 0.2) is 0 Å². The summed E-state index contributed by atoms with van der Waals surface area (Å²) >= 11 is 0. The summed E-state index contributed by atoms with van der Waals surface area (Å²) in [5.41, 5.74) is 9.31. The Bertz CT molecular complexity index is 289. The van der Waals surface area contributed by atoms with E-state index >= 15 is 0 Å². The molecule has 2 heterocycles. The van der Waals surface area contributed by atoms with Gasteiger partial charge in [0.2, 0.25) is 0 Å². The van der Waals surface area contributed by atoms with Gasteiger partial charge in [-0.15, -0.1) is 0 Å². The van der Waals surface area contributed by atoms with Crippen LogP contribution in [0.2, 0.25) is 0 Å². The molecule has 0 aliphatic carbocycles. The monoisotopic (exact) mass is 166 g/mol. The Morgan fingerprint density at radius 2 is 2.50 bits per heavy atom. The Labute approximate surface area is 71.7 Å². The molecule has 2 rings (SSSR count). The first-order valence-corrected chi connectivity index (χ1v) is 4.27. The van der Waals surface area contributed by atoms with Gasteiger partial charge in [0.25, 0.3) is 0 Å². The van der Waals surface area contributed by atoms with E-state index in [-0.39, 0.29) is 0 Å². The van der Waals surface area contributed by atoms with Gasteiger partial charge in [0.15, 0.2) is 0 Å². The number of hydrogen-bond acceptors (Lipinski definition) is 3. The fraction of sp³-hybridized carbons (Fsp3) is 0.625. The Balaban J connectivity index is 2.47. The molecule has 4 nitrogen and oxygen atoms in total. The largest absolute Gasteiger partial charge is 0.325 e. The van der Waals surface area contributed by atoms with Crippen molar-refractivity contribution in [3.63, 3.8) is 0 Å². The lowest BCUT2D eigenvalue weighted by Crippen LogP contribution is -2.25. The highest BCUT2D eigenvalue weighted by molar-refractivity contribution is 5.28. The van der Waals surface area contributed by atoms with Crippen LogP contribution >= 0.6 is 0 Å². The van der Waals surface area contributed by atoms with Gasteiger partial charge in [0.05, 0.1) is 11.4 Å². The molecule has 1 aromatic heterocycles. The minimum atomic E-state index is 0.559. The van der Waals surface area contributed by atoms with E-state index in [0.29, 0.717) is 6.54 Å². The lowest BCUT2D eigenvalue weighted by molar-refractivity contribution is 0.593. The average molecular weight is 166 g/mol. The highest BCUT2D eigenvalue weighted by atomic mass is 15.3. The number of hydrogen-bond donors (Lipinski definition) is 2. The van der Waals surface area contributed by atoms with Gasteiger partial charge in [-0.25, -0.2) is 0 Å². The van der Waals surface area contributed by atoms with Gasteiger partial charge in [-0.1, -0.05) is 0 Å². The molecule has 0 atom stereocenters. The summed E-state index contributed by atoms with van der Waals surface area (Å²) in [5.74, 6) is 0. The van der Waals surface area contributed by atoms with Crippen molar-refractivity contribution < 1.29 is 0 Å². The van der Waals surface area contributed by atoms with Crippen molar-refractivity contribution in [1.82, 2.24) is 15.1 Å². The molecule has 1 aliphatic rings. The van der Waals surface area contributed by atoms with Crippen molar-refractivity contribution in [3.8, 4) is 0 Å². The first-order valence-electron chi connectivity index (χ1n) is 4.27. The van der Waals surface area contributed by atoms with E-state index < -0.39 is 0 Å². The van der Waals surface area contributed by atoms with Gasteiger partial charge in [-0.05, 0) is 13.0 Å². The lowest BCUT2D eigenvalue weighted by Gasteiger charge is -2.13. The van der Waals surface area contributed by atoms with Crippen LogP contribution in [0.4, 0.5) is 0 Å². The van der Waals surface area contributed by atoms with Crippen LogP contribution in [0.25, 0.3) is 0 Å². The van der Waals surface area contributed by atoms with Crippen LogP contribution < -0.4 is 11.1 Å². The summed E-state index contributed by atoms with van der Waals surface area (Å²) in [5, 5.41) is 7.68. The third-order valence-electron chi connectivity index (χ3n) is 2.40. The molecular formula is C8H14N4. The van der Waals surface area contributed by atoms with Gasteiger partial charge in [0.1, 0.15) is 0 Å². The highest BCUT2D eigenvalue weighted by Gasteiger charge is 2.17.